The normalized spacial score (nSPS) is 10.9. The number of imidazole rings is 1. The Morgan fingerprint density at radius 1 is 1.06 bits per heavy atom. The second kappa shape index (κ2) is 4.13. The first kappa shape index (κ1) is 10.7. The number of hydrogen-bond acceptors (Lipinski definition) is 2. The lowest BCUT2D eigenvalue weighted by atomic mass is 10.2. The first-order valence-corrected chi connectivity index (χ1v) is 6.16. The van der Waals surface area contributed by atoms with Crippen LogP contribution in [0, 0.1) is 0 Å². The van der Waals surface area contributed by atoms with Crippen LogP contribution in [0.25, 0.3) is 16.9 Å². The summed E-state index contributed by atoms with van der Waals surface area (Å²) < 4.78 is 2.76. The summed E-state index contributed by atoms with van der Waals surface area (Å²) in [5, 5.41) is 0.727. The topological polar surface area (TPSA) is 30.2 Å². The molecular formula is C12H7BrClN3. The molecule has 2 heterocycles. The lowest BCUT2D eigenvalue weighted by molar-refractivity contribution is 1.11. The minimum Gasteiger partial charge on any atom is -0.296 e. The molecule has 0 radical (unpaired) electrons. The zero-order chi connectivity index (χ0) is 11.8. The van der Waals surface area contributed by atoms with E-state index < -0.39 is 0 Å². The Kier molecular flexibility index (Phi) is 2.61. The van der Waals surface area contributed by atoms with Gasteiger partial charge in [0.15, 0.2) is 5.65 Å². The first-order valence-electron chi connectivity index (χ1n) is 4.98. The van der Waals surface area contributed by atoms with Crippen LogP contribution in [0.15, 0.2) is 47.5 Å². The Morgan fingerprint density at radius 3 is 2.59 bits per heavy atom. The van der Waals surface area contributed by atoms with Crippen molar-refractivity contribution < 1.29 is 0 Å². The second-order valence-corrected chi connectivity index (χ2v) is 4.84. The summed E-state index contributed by atoms with van der Waals surface area (Å²) in [5.41, 5.74) is 2.90. The highest BCUT2D eigenvalue weighted by molar-refractivity contribution is 9.10. The van der Waals surface area contributed by atoms with Crippen molar-refractivity contribution in [3.63, 3.8) is 0 Å². The summed E-state index contributed by atoms with van der Waals surface area (Å²) in [5.74, 6) is 0. The van der Waals surface area contributed by atoms with E-state index in [1.165, 1.54) is 0 Å². The van der Waals surface area contributed by atoms with Gasteiger partial charge in [-0.3, -0.25) is 4.40 Å². The molecule has 0 aliphatic heterocycles. The Morgan fingerprint density at radius 2 is 1.82 bits per heavy atom. The molecule has 3 aromatic rings. The average molecular weight is 309 g/mol. The van der Waals surface area contributed by atoms with E-state index in [-0.39, 0.29) is 0 Å². The summed E-state index contributed by atoms with van der Waals surface area (Å²) in [7, 11) is 0. The fourth-order valence-corrected chi connectivity index (χ4v) is 2.13. The monoisotopic (exact) mass is 307 g/mol. The highest BCUT2D eigenvalue weighted by Gasteiger charge is 2.06. The first-order chi connectivity index (χ1) is 8.24. The zero-order valence-corrected chi connectivity index (χ0v) is 11.0. The van der Waals surface area contributed by atoms with Crippen molar-refractivity contribution in [2.45, 2.75) is 0 Å². The standard InChI is InChI=1S/C12H7BrClN3/c13-11-7-17-10(5-16-12(17)6-15-11)8-1-3-9(14)4-2-8/h1-7H. The van der Waals surface area contributed by atoms with Crippen LogP contribution >= 0.6 is 27.5 Å². The molecule has 0 bridgehead atoms. The molecule has 3 rings (SSSR count). The maximum atomic E-state index is 5.88. The summed E-state index contributed by atoms with van der Waals surface area (Å²) >= 11 is 9.23. The van der Waals surface area contributed by atoms with Gasteiger partial charge in [-0.2, -0.15) is 0 Å². The van der Waals surface area contributed by atoms with Crippen LogP contribution < -0.4 is 0 Å². The lowest BCUT2D eigenvalue weighted by Gasteiger charge is -2.02. The van der Waals surface area contributed by atoms with Gasteiger partial charge in [0.25, 0.3) is 0 Å². The number of aromatic nitrogens is 3. The van der Waals surface area contributed by atoms with E-state index >= 15 is 0 Å². The smallest absolute Gasteiger partial charge is 0.155 e. The molecule has 84 valence electrons. The van der Waals surface area contributed by atoms with Gasteiger partial charge in [0, 0.05) is 16.8 Å². The SMILES string of the molecule is Clc1ccc(-c2cnc3cnc(Br)cn23)cc1. The second-order valence-electron chi connectivity index (χ2n) is 3.59. The van der Waals surface area contributed by atoms with Crippen LogP contribution in [0.5, 0.6) is 0 Å². The van der Waals surface area contributed by atoms with Crippen LogP contribution in [-0.2, 0) is 0 Å². The lowest BCUT2D eigenvalue weighted by Crippen LogP contribution is -1.89. The number of hydrogen-bond donors (Lipinski definition) is 0. The van der Waals surface area contributed by atoms with Crippen molar-refractivity contribution in [2.24, 2.45) is 0 Å². The summed E-state index contributed by atoms with van der Waals surface area (Å²) in [4.78, 5) is 8.45. The van der Waals surface area contributed by atoms with Crippen molar-refractivity contribution in [1.29, 1.82) is 0 Å². The van der Waals surface area contributed by atoms with Crippen LogP contribution in [0.1, 0.15) is 0 Å². The minimum atomic E-state index is 0.727. The molecule has 0 saturated heterocycles. The van der Waals surface area contributed by atoms with E-state index in [0.717, 1.165) is 26.5 Å². The average Bonchev–Trinajstić information content (AvgIpc) is 2.73. The number of benzene rings is 1. The molecule has 0 spiro atoms. The van der Waals surface area contributed by atoms with Crippen LogP contribution in [0.2, 0.25) is 5.02 Å². The zero-order valence-electron chi connectivity index (χ0n) is 8.64. The van der Waals surface area contributed by atoms with Gasteiger partial charge in [-0.1, -0.05) is 23.7 Å². The largest absolute Gasteiger partial charge is 0.296 e. The highest BCUT2D eigenvalue weighted by atomic mass is 79.9. The van der Waals surface area contributed by atoms with Crippen molar-refractivity contribution in [1.82, 2.24) is 14.4 Å². The van der Waals surface area contributed by atoms with Gasteiger partial charge in [-0.05, 0) is 28.1 Å². The fraction of sp³-hybridized carbons (Fsp3) is 0. The molecule has 0 amide bonds. The van der Waals surface area contributed by atoms with Gasteiger partial charge in [0.1, 0.15) is 4.60 Å². The summed E-state index contributed by atoms with van der Waals surface area (Å²) in [6.45, 7) is 0. The molecule has 0 aliphatic carbocycles. The van der Waals surface area contributed by atoms with Crippen LogP contribution in [0.3, 0.4) is 0 Å². The molecule has 5 heteroatoms. The third-order valence-electron chi connectivity index (χ3n) is 2.50. The van der Waals surface area contributed by atoms with E-state index in [4.69, 9.17) is 11.6 Å². The van der Waals surface area contributed by atoms with Gasteiger partial charge >= 0.3 is 0 Å². The number of fused-ring (bicyclic) bond motifs is 1. The molecular weight excluding hydrogens is 302 g/mol. The molecule has 17 heavy (non-hydrogen) atoms. The Hall–Kier alpha value is -1.39. The molecule has 0 N–H and O–H groups in total. The van der Waals surface area contributed by atoms with E-state index in [0.29, 0.717) is 0 Å². The van der Waals surface area contributed by atoms with Crippen molar-refractivity contribution in [3.8, 4) is 11.3 Å². The van der Waals surface area contributed by atoms with Gasteiger partial charge in [-0.25, -0.2) is 9.97 Å². The molecule has 1 aromatic carbocycles. The third kappa shape index (κ3) is 1.94. The van der Waals surface area contributed by atoms with Crippen molar-refractivity contribution in [3.05, 3.63) is 52.5 Å². The molecule has 0 aliphatic rings. The predicted molar refractivity (Wildman–Crippen MR) is 71.1 cm³/mol. The third-order valence-corrected chi connectivity index (χ3v) is 3.17. The number of rotatable bonds is 1. The van der Waals surface area contributed by atoms with Crippen LogP contribution in [0.4, 0.5) is 0 Å². The van der Waals surface area contributed by atoms with Gasteiger partial charge in [-0.15, -0.1) is 0 Å². The Balaban J connectivity index is 2.23. The van der Waals surface area contributed by atoms with Crippen molar-refractivity contribution >= 4 is 33.2 Å². The van der Waals surface area contributed by atoms with Crippen LogP contribution in [-0.4, -0.2) is 14.4 Å². The van der Waals surface area contributed by atoms with E-state index in [9.17, 15) is 0 Å². The molecule has 0 saturated carbocycles. The number of nitrogens with zero attached hydrogens (tertiary/aromatic N) is 3. The van der Waals surface area contributed by atoms with Gasteiger partial charge in [0.2, 0.25) is 0 Å². The molecule has 0 atom stereocenters. The summed E-state index contributed by atoms with van der Waals surface area (Å²) in [6, 6.07) is 7.68. The van der Waals surface area contributed by atoms with Crippen molar-refractivity contribution in [2.75, 3.05) is 0 Å². The highest BCUT2D eigenvalue weighted by Crippen LogP contribution is 2.23. The quantitative estimate of drug-likeness (QED) is 0.684. The maximum absolute atomic E-state index is 5.88. The predicted octanol–water partition coefficient (Wildman–Crippen LogP) is 3.81. The molecule has 0 unspecified atom stereocenters. The molecule has 0 fully saturated rings. The van der Waals surface area contributed by atoms with E-state index in [2.05, 4.69) is 25.9 Å². The van der Waals surface area contributed by atoms with E-state index in [1.54, 1.807) is 6.20 Å². The van der Waals surface area contributed by atoms with Gasteiger partial charge < -0.3 is 0 Å². The number of halogens is 2. The Bertz CT molecular complexity index is 676. The fourth-order valence-electron chi connectivity index (χ4n) is 1.70. The Labute approximate surface area is 111 Å². The molecule has 3 nitrogen and oxygen atoms in total. The van der Waals surface area contributed by atoms with Gasteiger partial charge in [0.05, 0.1) is 18.1 Å². The molecule has 2 aromatic heterocycles. The minimum absolute atomic E-state index is 0.727. The summed E-state index contributed by atoms with van der Waals surface area (Å²) in [6.07, 6.45) is 5.45. The van der Waals surface area contributed by atoms with E-state index in [1.807, 2.05) is 41.1 Å². The maximum Gasteiger partial charge on any atom is 0.155 e.